The molecule has 2 rings (SSSR count). The molecule has 1 aromatic carbocycles. The number of carbonyl (C=O) groups is 1. The number of aromatic nitrogens is 2. The third-order valence-electron chi connectivity index (χ3n) is 2.73. The smallest absolute Gasteiger partial charge is 0.313 e. The molecule has 0 fully saturated rings. The van der Waals surface area contributed by atoms with Gasteiger partial charge in [0.15, 0.2) is 5.16 Å². The number of thioether (sulfide) groups is 2. The lowest BCUT2D eigenvalue weighted by Gasteiger charge is -2.10. The fourth-order valence-electron chi connectivity index (χ4n) is 1.84. The predicted molar refractivity (Wildman–Crippen MR) is 84.4 cm³/mol. The van der Waals surface area contributed by atoms with Crippen LogP contribution in [0.4, 0.5) is 0 Å². The van der Waals surface area contributed by atoms with Crippen LogP contribution in [0.5, 0.6) is 0 Å². The number of hydrogen-bond acceptors (Lipinski definition) is 4. The van der Waals surface area contributed by atoms with Crippen LogP contribution in [0, 0.1) is 0 Å². The molecule has 0 aliphatic carbocycles. The average molecular weight is 308 g/mol. The largest absolute Gasteiger partial charge is 0.481 e. The van der Waals surface area contributed by atoms with E-state index in [9.17, 15) is 4.79 Å². The topological polar surface area (TPSA) is 55.1 Å². The Kier molecular flexibility index (Phi) is 5.55. The maximum Gasteiger partial charge on any atom is 0.313 e. The summed E-state index contributed by atoms with van der Waals surface area (Å²) >= 11 is 3.03. The van der Waals surface area contributed by atoms with Gasteiger partial charge in [0, 0.05) is 12.3 Å². The van der Waals surface area contributed by atoms with E-state index in [0.29, 0.717) is 0 Å². The number of hydrogen-bond donors (Lipinski definition) is 1. The predicted octanol–water partition coefficient (Wildman–Crippen LogP) is 3.09. The molecule has 0 atom stereocenters. The fourth-order valence-corrected chi connectivity index (χ4v) is 2.93. The highest BCUT2D eigenvalue weighted by Gasteiger charge is 2.13. The summed E-state index contributed by atoms with van der Waals surface area (Å²) in [5.41, 5.74) is 2.14. The summed E-state index contributed by atoms with van der Waals surface area (Å²) in [5.74, 6) is 0.178. The Morgan fingerprint density at radius 2 is 2.10 bits per heavy atom. The van der Waals surface area contributed by atoms with Crippen LogP contribution >= 0.6 is 23.5 Å². The van der Waals surface area contributed by atoms with Gasteiger partial charge in [-0.25, -0.2) is 4.98 Å². The van der Waals surface area contributed by atoms with Crippen molar-refractivity contribution in [1.29, 1.82) is 0 Å². The van der Waals surface area contributed by atoms with Crippen LogP contribution in [-0.4, -0.2) is 38.4 Å². The maximum atomic E-state index is 10.7. The lowest BCUT2D eigenvalue weighted by Crippen LogP contribution is -2.06. The van der Waals surface area contributed by atoms with Crippen LogP contribution in [0.2, 0.25) is 0 Å². The van der Waals surface area contributed by atoms with E-state index in [4.69, 9.17) is 5.11 Å². The van der Waals surface area contributed by atoms with Gasteiger partial charge < -0.3 is 9.67 Å². The standard InChI is InChI=1S/C14H16N2O2S2/c1-19-8-7-16-12(11-5-3-2-4-6-11)9-15-14(16)20-10-13(17)18/h2-6,9H,7-8,10H2,1H3,(H,17,18). The average Bonchev–Trinajstić information content (AvgIpc) is 2.86. The zero-order valence-electron chi connectivity index (χ0n) is 11.2. The van der Waals surface area contributed by atoms with Gasteiger partial charge in [0.05, 0.1) is 17.6 Å². The van der Waals surface area contributed by atoms with Gasteiger partial charge in [0.1, 0.15) is 0 Å². The number of aliphatic carboxylic acids is 1. The molecule has 0 saturated heterocycles. The van der Waals surface area contributed by atoms with E-state index in [1.54, 1.807) is 11.8 Å². The zero-order valence-corrected chi connectivity index (χ0v) is 12.8. The first-order valence-corrected chi connectivity index (χ1v) is 8.55. The number of carboxylic acids is 1. The Labute approximate surface area is 126 Å². The number of nitrogens with zero attached hydrogens (tertiary/aromatic N) is 2. The van der Waals surface area contributed by atoms with E-state index in [2.05, 4.69) is 15.8 Å². The Balaban J connectivity index is 2.29. The second kappa shape index (κ2) is 7.40. The molecule has 0 unspecified atom stereocenters. The third-order valence-corrected chi connectivity index (χ3v) is 4.30. The van der Waals surface area contributed by atoms with E-state index < -0.39 is 5.97 Å². The summed E-state index contributed by atoms with van der Waals surface area (Å²) in [5, 5.41) is 9.57. The van der Waals surface area contributed by atoms with Crippen LogP contribution in [0.3, 0.4) is 0 Å². The number of rotatable bonds is 7. The zero-order chi connectivity index (χ0) is 14.4. The van der Waals surface area contributed by atoms with Gasteiger partial charge in [-0.2, -0.15) is 11.8 Å². The first kappa shape index (κ1) is 15.0. The van der Waals surface area contributed by atoms with Crippen molar-refractivity contribution in [3.05, 3.63) is 36.5 Å². The first-order valence-electron chi connectivity index (χ1n) is 6.17. The molecule has 1 aromatic heterocycles. The van der Waals surface area contributed by atoms with Crippen molar-refractivity contribution in [2.75, 3.05) is 17.8 Å². The van der Waals surface area contributed by atoms with Crippen LogP contribution in [-0.2, 0) is 11.3 Å². The molecule has 6 heteroatoms. The molecule has 1 N–H and O–H groups in total. The Hall–Kier alpha value is -1.40. The third kappa shape index (κ3) is 3.80. The van der Waals surface area contributed by atoms with E-state index in [1.807, 2.05) is 36.5 Å². The quantitative estimate of drug-likeness (QED) is 0.797. The van der Waals surface area contributed by atoms with E-state index in [-0.39, 0.29) is 5.75 Å². The van der Waals surface area contributed by atoms with Crippen molar-refractivity contribution in [3.63, 3.8) is 0 Å². The molecule has 106 valence electrons. The molecule has 0 aliphatic rings. The number of benzene rings is 1. The molecule has 0 amide bonds. The molecule has 0 radical (unpaired) electrons. The van der Waals surface area contributed by atoms with Crippen molar-refractivity contribution in [2.45, 2.75) is 11.7 Å². The van der Waals surface area contributed by atoms with Gasteiger partial charge in [-0.15, -0.1) is 0 Å². The lowest BCUT2D eigenvalue weighted by atomic mass is 10.2. The highest BCUT2D eigenvalue weighted by atomic mass is 32.2. The normalized spacial score (nSPS) is 10.7. The van der Waals surface area contributed by atoms with Crippen LogP contribution in [0.1, 0.15) is 0 Å². The van der Waals surface area contributed by atoms with Crippen molar-refractivity contribution in [2.24, 2.45) is 0 Å². The molecule has 4 nitrogen and oxygen atoms in total. The molecule has 20 heavy (non-hydrogen) atoms. The summed E-state index contributed by atoms with van der Waals surface area (Å²) in [6.45, 7) is 0.827. The van der Waals surface area contributed by atoms with Gasteiger partial charge in [-0.3, -0.25) is 4.79 Å². The molecule has 0 bridgehead atoms. The van der Waals surface area contributed by atoms with Gasteiger partial charge in [0.25, 0.3) is 0 Å². The number of carboxylic acid groups (broad SMARTS) is 1. The van der Waals surface area contributed by atoms with Crippen molar-refractivity contribution in [3.8, 4) is 11.3 Å². The highest BCUT2D eigenvalue weighted by Crippen LogP contribution is 2.26. The van der Waals surface area contributed by atoms with E-state index >= 15 is 0 Å². The second-order valence-electron chi connectivity index (χ2n) is 4.12. The minimum Gasteiger partial charge on any atom is -0.481 e. The monoisotopic (exact) mass is 308 g/mol. The van der Waals surface area contributed by atoms with Crippen LogP contribution < -0.4 is 0 Å². The maximum absolute atomic E-state index is 10.7. The van der Waals surface area contributed by atoms with Gasteiger partial charge >= 0.3 is 5.97 Å². The molecule has 1 heterocycles. The summed E-state index contributed by atoms with van der Waals surface area (Å²) in [4.78, 5) is 15.1. The van der Waals surface area contributed by atoms with Gasteiger partial charge in [-0.05, 0) is 11.8 Å². The van der Waals surface area contributed by atoms with E-state index in [1.165, 1.54) is 11.8 Å². The Morgan fingerprint density at radius 1 is 1.35 bits per heavy atom. The van der Waals surface area contributed by atoms with Crippen molar-refractivity contribution >= 4 is 29.5 Å². The lowest BCUT2D eigenvalue weighted by molar-refractivity contribution is -0.133. The number of imidazole rings is 1. The SMILES string of the molecule is CSCCn1c(-c2ccccc2)cnc1SCC(=O)O. The highest BCUT2D eigenvalue weighted by molar-refractivity contribution is 7.99. The summed E-state index contributed by atoms with van der Waals surface area (Å²) in [6.07, 6.45) is 3.88. The molecule has 0 aliphatic heterocycles. The molecular weight excluding hydrogens is 292 g/mol. The van der Waals surface area contributed by atoms with Gasteiger partial charge in [0.2, 0.25) is 0 Å². The Bertz CT molecular complexity index is 570. The van der Waals surface area contributed by atoms with Gasteiger partial charge in [-0.1, -0.05) is 42.1 Å². The summed E-state index contributed by atoms with van der Waals surface area (Å²) < 4.78 is 2.10. The Morgan fingerprint density at radius 3 is 2.75 bits per heavy atom. The minimum absolute atomic E-state index is 0.0323. The molecule has 0 spiro atoms. The summed E-state index contributed by atoms with van der Waals surface area (Å²) in [7, 11) is 0. The second-order valence-corrected chi connectivity index (χ2v) is 6.05. The van der Waals surface area contributed by atoms with Crippen molar-refractivity contribution in [1.82, 2.24) is 9.55 Å². The van der Waals surface area contributed by atoms with E-state index in [0.717, 1.165) is 28.7 Å². The first-order chi connectivity index (χ1) is 9.72. The molecule has 2 aromatic rings. The summed E-state index contributed by atoms with van der Waals surface area (Å²) in [6, 6.07) is 10.0. The molecular formula is C14H16N2O2S2. The minimum atomic E-state index is -0.823. The fraction of sp³-hybridized carbons (Fsp3) is 0.286. The molecule has 0 saturated carbocycles. The van der Waals surface area contributed by atoms with Crippen molar-refractivity contribution < 1.29 is 9.90 Å². The van der Waals surface area contributed by atoms with Crippen LogP contribution in [0.25, 0.3) is 11.3 Å². The van der Waals surface area contributed by atoms with Crippen LogP contribution in [0.15, 0.2) is 41.7 Å².